The van der Waals surface area contributed by atoms with Gasteiger partial charge in [0.2, 0.25) is 0 Å². The van der Waals surface area contributed by atoms with E-state index in [1.165, 1.54) is 0 Å². The standard InChI is InChI=1S/C9H12N2O/c1-3-4-7-5-6-11-9(10)8(7)12-2/h3-6H,1-2H3,(H2,10,11)/b4-3+. The van der Waals surface area contributed by atoms with Gasteiger partial charge in [-0.2, -0.15) is 0 Å². The highest BCUT2D eigenvalue weighted by Gasteiger charge is 2.03. The molecule has 1 rings (SSSR count). The van der Waals surface area contributed by atoms with Gasteiger partial charge < -0.3 is 10.5 Å². The van der Waals surface area contributed by atoms with E-state index < -0.39 is 0 Å². The number of rotatable bonds is 2. The Morgan fingerprint density at radius 3 is 2.92 bits per heavy atom. The first-order valence-electron chi connectivity index (χ1n) is 3.70. The molecule has 0 unspecified atom stereocenters. The fraction of sp³-hybridized carbons (Fsp3) is 0.222. The summed E-state index contributed by atoms with van der Waals surface area (Å²) in [6.45, 7) is 1.94. The fourth-order valence-corrected chi connectivity index (χ4v) is 1.01. The van der Waals surface area contributed by atoms with Crippen LogP contribution in [0.15, 0.2) is 18.3 Å². The molecule has 1 heterocycles. The van der Waals surface area contributed by atoms with Crippen LogP contribution in [0.2, 0.25) is 0 Å². The van der Waals surface area contributed by atoms with Crippen molar-refractivity contribution in [2.75, 3.05) is 12.8 Å². The van der Waals surface area contributed by atoms with Crippen LogP contribution in [0, 0.1) is 0 Å². The van der Waals surface area contributed by atoms with E-state index in [1.54, 1.807) is 13.3 Å². The van der Waals surface area contributed by atoms with E-state index in [0.29, 0.717) is 11.6 Å². The van der Waals surface area contributed by atoms with E-state index in [9.17, 15) is 0 Å². The molecule has 0 aromatic carbocycles. The number of pyridine rings is 1. The Bertz CT molecular complexity index is 295. The maximum atomic E-state index is 5.59. The van der Waals surface area contributed by atoms with Crippen molar-refractivity contribution in [2.24, 2.45) is 0 Å². The van der Waals surface area contributed by atoms with Gasteiger partial charge in [0, 0.05) is 11.8 Å². The molecule has 0 saturated carbocycles. The van der Waals surface area contributed by atoms with E-state index in [1.807, 2.05) is 25.1 Å². The van der Waals surface area contributed by atoms with Crippen LogP contribution in [0.25, 0.3) is 6.08 Å². The number of allylic oxidation sites excluding steroid dienone is 1. The molecule has 1 aromatic rings. The number of anilines is 1. The van der Waals surface area contributed by atoms with Crippen molar-refractivity contribution in [3.63, 3.8) is 0 Å². The van der Waals surface area contributed by atoms with Gasteiger partial charge in [-0.15, -0.1) is 0 Å². The van der Waals surface area contributed by atoms with Crippen molar-refractivity contribution in [3.8, 4) is 5.75 Å². The summed E-state index contributed by atoms with van der Waals surface area (Å²) in [6, 6.07) is 1.86. The third kappa shape index (κ3) is 1.56. The lowest BCUT2D eigenvalue weighted by Gasteiger charge is -2.05. The van der Waals surface area contributed by atoms with Gasteiger partial charge in [0.05, 0.1) is 7.11 Å². The second kappa shape index (κ2) is 3.76. The van der Waals surface area contributed by atoms with Gasteiger partial charge >= 0.3 is 0 Å². The lowest BCUT2D eigenvalue weighted by atomic mass is 10.2. The van der Waals surface area contributed by atoms with E-state index in [2.05, 4.69) is 4.98 Å². The fourth-order valence-electron chi connectivity index (χ4n) is 1.01. The normalized spacial score (nSPS) is 10.5. The molecule has 3 nitrogen and oxygen atoms in total. The number of hydrogen-bond donors (Lipinski definition) is 1. The minimum Gasteiger partial charge on any atom is -0.492 e. The number of methoxy groups -OCH3 is 1. The molecule has 64 valence electrons. The maximum Gasteiger partial charge on any atom is 0.168 e. The summed E-state index contributed by atoms with van der Waals surface area (Å²) in [6.07, 6.45) is 5.52. The predicted octanol–water partition coefficient (Wildman–Crippen LogP) is 1.71. The highest BCUT2D eigenvalue weighted by molar-refractivity contribution is 5.64. The van der Waals surface area contributed by atoms with Crippen molar-refractivity contribution in [1.29, 1.82) is 0 Å². The molecule has 0 saturated heterocycles. The zero-order chi connectivity index (χ0) is 8.97. The van der Waals surface area contributed by atoms with E-state index in [-0.39, 0.29) is 0 Å². The Morgan fingerprint density at radius 2 is 2.33 bits per heavy atom. The van der Waals surface area contributed by atoms with Crippen molar-refractivity contribution in [3.05, 3.63) is 23.9 Å². The first-order valence-corrected chi connectivity index (χ1v) is 3.70. The number of ether oxygens (including phenoxy) is 1. The van der Waals surface area contributed by atoms with Gasteiger partial charge in [0.15, 0.2) is 11.6 Å². The molecule has 0 spiro atoms. The molecular formula is C9H12N2O. The Kier molecular flexibility index (Phi) is 2.69. The molecule has 0 aliphatic carbocycles. The van der Waals surface area contributed by atoms with Crippen LogP contribution >= 0.6 is 0 Å². The second-order valence-corrected chi connectivity index (χ2v) is 2.32. The Labute approximate surface area is 71.9 Å². The third-order valence-corrected chi connectivity index (χ3v) is 1.51. The number of aromatic nitrogens is 1. The van der Waals surface area contributed by atoms with Crippen molar-refractivity contribution >= 4 is 11.9 Å². The summed E-state index contributed by atoms with van der Waals surface area (Å²) < 4.78 is 5.09. The number of nitrogens with zero attached hydrogens (tertiary/aromatic N) is 1. The van der Waals surface area contributed by atoms with E-state index >= 15 is 0 Å². The molecule has 0 radical (unpaired) electrons. The summed E-state index contributed by atoms with van der Waals surface area (Å²) in [5.41, 5.74) is 6.54. The summed E-state index contributed by atoms with van der Waals surface area (Å²) in [4.78, 5) is 3.91. The molecule has 0 bridgehead atoms. The van der Waals surface area contributed by atoms with Crippen molar-refractivity contribution in [1.82, 2.24) is 4.98 Å². The highest BCUT2D eigenvalue weighted by Crippen LogP contribution is 2.24. The van der Waals surface area contributed by atoms with Crippen molar-refractivity contribution in [2.45, 2.75) is 6.92 Å². The smallest absolute Gasteiger partial charge is 0.168 e. The second-order valence-electron chi connectivity index (χ2n) is 2.32. The predicted molar refractivity (Wildman–Crippen MR) is 49.9 cm³/mol. The first kappa shape index (κ1) is 8.59. The van der Waals surface area contributed by atoms with Crippen LogP contribution in [0.3, 0.4) is 0 Å². The molecule has 2 N–H and O–H groups in total. The number of nitrogens with two attached hydrogens (primary N) is 1. The topological polar surface area (TPSA) is 48.1 Å². The van der Waals surface area contributed by atoms with E-state index in [4.69, 9.17) is 10.5 Å². The van der Waals surface area contributed by atoms with Gasteiger partial charge in [-0.05, 0) is 13.0 Å². The van der Waals surface area contributed by atoms with Crippen molar-refractivity contribution < 1.29 is 4.74 Å². The summed E-state index contributed by atoms with van der Waals surface area (Å²) in [7, 11) is 1.58. The number of hydrogen-bond acceptors (Lipinski definition) is 3. The Morgan fingerprint density at radius 1 is 1.58 bits per heavy atom. The minimum atomic E-state index is 0.424. The molecule has 0 atom stereocenters. The van der Waals surface area contributed by atoms with Gasteiger partial charge in [-0.25, -0.2) is 4.98 Å². The lowest BCUT2D eigenvalue weighted by Crippen LogP contribution is -1.96. The highest BCUT2D eigenvalue weighted by atomic mass is 16.5. The molecular weight excluding hydrogens is 152 g/mol. The monoisotopic (exact) mass is 164 g/mol. The van der Waals surface area contributed by atoms with Gasteiger partial charge in [-0.3, -0.25) is 0 Å². The molecule has 0 fully saturated rings. The van der Waals surface area contributed by atoms with E-state index in [0.717, 1.165) is 5.56 Å². The first-order chi connectivity index (χ1) is 5.79. The van der Waals surface area contributed by atoms with Crippen LogP contribution in [0.4, 0.5) is 5.82 Å². The van der Waals surface area contributed by atoms with Gasteiger partial charge in [0.25, 0.3) is 0 Å². The molecule has 0 aliphatic rings. The van der Waals surface area contributed by atoms with Crippen LogP contribution in [-0.2, 0) is 0 Å². The molecule has 12 heavy (non-hydrogen) atoms. The molecule has 3 heteroatoms. The Hall–Kier alpha value is -1.51. The Balaban J connectivity index is 3.18. The average Bonchev–Trinajstić information content (AvgIpc) is 2.05. The summed E-state index contributed by atoms with van der Waals surface area (Å²) in [5.74, 6) is 1.06. The van der Waals surface area contributed by atoms with Crippen LogP contribution < -0.4 is 10.5 Å². The SMILES string of the molecule is C/C=C/c1ccnc(N)c1OC. The summed E-state index contributed by atoms with van der Waals surface area (Å²) >= 11 is 0. The third-order valence-electron chi connectivity index (χ3n) is 1.51. The zero-order valence-electron chi connectivity index (χ0n) is 7.24. The van der Waals surface area contributed by atoms with Gasteiger partial charge in [0.1, 0.15) is 0 Å². The number of nitrogen functional groups attached to an aromatic ring is 1. The molecule has 1 aromatic heterocycles. The zero-order valence-corrected chi connectivity index (χ0v) is 7.24. The van der Waals surface area contributed by atoms with Crippen LogP contribution in [0.1, 0.15) is 12.5 Å². The average molecular weight is 164 g/mol. The molecule has 0 aliphatic heterocycles. The quantitative estimate of drug-likeness (QED) is 0.723. The largest absolute Gasteiger partial charge is 0.492 e. The van der Waals surface area contributed by atoms with Crippen LogP contribution in [-0.4, -0.2) is 12.1 Å². The maximum absolute atomic E-state index is 5.59. The van der Waals surface area contributed by atoms with Gasteiger partial charge in [-0.1, -0.05) is 12.2 Å². The molecule has 0 amide bonds. The summed E-state index contributed by atoms with van der Waals surface area (Å²) in [5, 5.41) is 0. The van der Waals surface area contributed by atoms with Crippen LogP contribution in [0.5, 0.6) is 5.75 Å². The minimum absolute atomic E-state index is 0.424. The lowest BCUT2D eigenvalue weighted by molar-refractivity contribution is 0.414.